The van der Waals surface area contributed by atoms with Crippen molar-refractivity contribution in [1.82, 2.24) is 20.0 Å². The number of hydrogen-bond acceptors (Lipinski definition) is 9. The molecule has 34 heavy (non-hydrogen) atoms. The van der Waals surface area contributed by atoms with Gasteiger partial charge >= 0.3 is 5.97 Å². The van der Waals surface area contributed by atoms with Gasteiger partial charge in [0.15, 0.2) is 5.69 Å². The lowest BCUT2D eigenvalue weighted by molar-refractivity contribution is 0.0563. The number of ether oxygens (including phenoxy) is 1. The van der Waals surface area contributed by atoms with Crippen molar-refractivity contribution in [1.29, 1.82) is 0 Å². The second-order valence-electron chi connectivity index (χ2n) is 7.26. The molecule has 0 aliphatic rings. The Morgan fingerprint density at radius 3 is 2.53 bits per heavy atom. The molecule has 0 radical (unpaired) electrons. The van der Waals surface area contributed by atoms with E-state index in [0.717, 1.165) is 5.56 Å². The predicted octanol–water partition coefficient (Wildman–Crippen LogP) is 4.17. The normalized spacial score (nSPS) is 11.1. The van der Waals surface area contributed by atoms with E-state index in [1.807, 2.05) is 36.4 Å². The molecule has 0 fully saturated rings. The highest BCUT2D eigenvalue weighted by Crippen LogP contribution is 2.28. The highest BCUT2D eigenvalue weighted by atomic mass is 32.2. The second kappa shape index (κ2) is 9.36. The number of methoxy groups -OCH3 is 1. The van der Waals surface area contributed by atoms with Crippen molar-refractivity contribution in [2.24, 2.45) is 0 Å². The van der Waals surface area contributed by atoms with E-state index < -0.39 is 5.97 Å². The Hall–Kier alpha value is -4.18. The van der Waals surface area contributed by atoms with E-state index in [9.17, 15) is 9.59 Å². The summed E-state index contributed by atoms with van der Waals surface area (Å²) in [7, 11) is 1.29. The van der Waals surface area contributed by atoms with Gasteiger partial charge in [0.1, 0.15) is 5.76 Å². The zero-order valence-corrected chi connectivity index (χ0v) is 18.8. The topological polar surface area (TPSA) is 113 Å². The summed E-state index contributed by atoms with van der Waals surface area (Å²) in [6.07, 6.45) is 0. The molecule has 5 rings (SSSR count). The maximum Gasteiger partial charge on any atom is 0.373 e. The third-order valence-corrected chi connectivity index (χ3v) is 5.88. The van der Waals surface area contributed by atoms with Gasteiger partial charge in [-0.05, 0) is 23.8 Å². The van der Waals surface area contributed by atoms with Crippen LogP contribution in [0.3, 0.4) is 0 Å². The van der Waals surface area contributed by atoms with E-state index in [-0.39, 0.29) is 17.2 Å². The standard InChI is InChI=1S/C24H18N4O5S/c1-31-23(30)19-12-11-16(32-19)14-34-24-26-25-21(33-24)20-17-9-5-6-10-18(17)22(29)28(27-20)13-15-7-3-2-4-8-15/h2-12H,13-14H2,1H3. The summed E-state index contributed by atoms with van der Waals surface area (Å²) in [5.74, 6) is 0.723. The molecule has 0 amide bonds. The fourth-order valence-corrected chi connectivity index (χ4v) is 4.08. The molecule has 10 heteroatoms. The minimum atomic E-state index is -0.542. The van der Waals surface area contributed by atoms with Crippen molar-refractivity contribution in [2.75, 3.05) is 7.11 Å². The van der Waals surface area contributed by atoms with Crippen LogP contribution < -0.4 is 5.56 Å². The van der Waals surface area contributed by atoms with E-state index in [1.165, 1.54) is 23.6 Å². The van der Waals surface area contributed by atoms with Crippen molar-refractivity contribution in [2.45, 2.75) is 17.5 Å². The van der Waals surface area contributed by atoms with Crippen LogP contribution in [0.15, 0.2) is 85.6 Å². The zero-order chi connectivity index (χ0) is 23.5. The molecular formula is C24H18N4O5S. The van der Waals surface area contributed by atoms with Crippen molar-refractivity contribution < 1.29 is 18.4 Å². The van der Waals surface area contributed by atoms with E-state index in [4.69, 9.17) is 8.83 Å². The lowest BCUT2D eigenvalue weighted by Gasteiger charge is -2.09. The van der Waals surface area contributed by atoms with Gasteiger partial charge in [-0.2, -0.15) is 5.10 Å². The smallest absolute Gasteiger partial charge is 0.373 e. The number of esters is 1. The van der Waals surface area contributed by atoms with Crippen LogP contribution in [-0.2, 0) is 17.0 Å². The number of nitrogens with zero attached hydrogens (tertiary/aromatic N) is 4. The van der Waals surface area contributed by atoms with Gasteiger partial charge in [-0.25, -0.2) is 9.48 Å². The first-order chi connectivity index (χ1) is 16.6. The Labute approximate surface area is 197 Å². The molecule has 170 valence electrons. The summed E-state index contributed by atoms with van der Waals surface area (Å²) in [6.45, 7) is 0.314. The summed E-state index contributed by atoms with van der Waals surface area (Å²) in [5.41, 5.74) is 1.18. The van der Waals surface area contributed by atoms with Crippen LogP contribution in [0.25, 0.3) is 22.4 Å². The minimum Gasteiger partial charge on any atom is -0.463 e. The van der Waals surface area contributed by atoms with Gasteiger partial charge in [-0.15, -0.1) is 10.2 Å². The van der Waals surface area contributed by atoms with Gasteiger partial charge in [-0.1, -0.05) is 60.3 Å². The van der Waals surface area contributed by atoms with Crippen molar-refractivity contribution in [3.63, 3.8) is 0 Å². The molecule has 3 heterocycles. The molecule has 3 aromatic heterocycles. The van der Waals surface area contributed by atoms with Gasteiger partial charge in [0, 0.05) is 5.39 Å². The van der Waals surface area contributed by atoms with Crippen LogP contribution in [0.5, 0.6) is 0 Å². The molecule has 0 saturated heterocycles. The number of thioether (sulfide) groups is 1. The average Bonchev–Trinajstić information content (AvgIpc) is 3.55. The number of aromatic nitrogens is 4. The Balaban J connectivity index is 1.44. The van der Waals surface area contributed by atoms with Crippen LogP contribution in [0.2, 0.25) is 0 Å². The molecule has 5 aromatic rings. The number of benzene rings is 2. The minimum absolute atomic E-state index is 0.126. The summed E-state index contributed by atoms with van der Waals surface area (Å²) in [5, 5.41) is 14.3. The maximum absolute atomic E-state index is 13.0. The maximum atomic E-state index is 13.0. The number of fused-ring (bicyclic) bond motifs is 1. The molecule has 0 unspecified atom stereocenters. The van der Waals surface area contributed by atoms with Crippen molar-refractivity contribution in [3.05, 3.63) is 94.2 Å². The Bertz CT molecular complexity index is 1520. The van der Waals surface area contributed by atoms with Crippen molar-refractivity contribution >= 4 is 28.5 Å². The number of hydrogen-bond donors (Lipinski definition) is 0. The van der Waals surface area contributed by atoms with Crippen molar-refractivity contribution in [3.8, 4) is 11.6 Å². The molecule has 0 N–H and O–H groups in total. The van der Waals surface area contributed by atoms with Gasteiger partial charge in [-0.3, -0.25) is 4.79 Å². The first-order valence-corrected chi connectivity index (χ1v) is 11.3. The summed E-state index contributed by atoms with van der Waals surface area (Å²) in [6, 6.07) is 20.0. The quantitative estimate of drug-likeness (QED) is 0.253. The highest BCUT2D eigenvalue weighted by molar-refractivity contribution is 7.98. The molecule has 0 saturated carbocycles. The van der Waals surface area contributed by atoms with Crippen LogP contribution in [0, 0.1) is 0 Å². The third kappa shape index (κ3) is 4.35. The predicted molar refractivity (Wildman–Crippen MR) is 124 cm³/mol. The van der Waals surface area contributed by atoms with E-state index >= 15 is 0 Å². The summed E-state index contributed by atoms with van der Waals surface area (Å²) < 4.78 is 17.4. The Morgan fingerprint density at radius 2 is 1.74 bits per heavy atom. The molecule has 0 bridgehead atoms. The number of carbonyl (C=O) groups excluding carboxylic acids is 1. The fraction of sp³-hybridized carbons (Fsp3) is 0.125. The molecule has 9 nitrogen and oxygen atoms in total. The van der Waals surface area contributed by atoms with Crippen LogP contribution in [0.1, 0.15) is 21.9 Å². The van der Waals surface area contributed by atoms with Crippen LogP contribution >= 0.6 is 11.8 Å². The largest absolute Gasteiger partial charge is 0.463 e. The molecular weight excluding hydrogens is 456 g/mol. The van der Waals surface area contributed by atoms with Crippen LogP contribution in [0.4, 0.5) is 0 Å². The summed E-state index contributed by atoms with van der Waals surface area (Å²) in [4.78, 5) is 24.6. The van der Waals surface area contributed by atoms with E-state index in [0.29, 0.717) is 39.7 Å². The molecule has 0 aliphatic carbocycles. The molecule has 0 atom stereocenters. The lowest BCUT2D eigenvalue weighted by atomic mass is 10.1. The van der Waals surface area contributed by atoms with Gasteiger partial charge < -0.3 is 13.6 Å². The van der Waals surface area contributed by atoms with E-state index in [2.05, 4.69) is 20.0 Å². The first-order valence-electron chi connectivity index (χ1n) is 10.3. The first kappa shape index (κ1) is 21.7. The third-order valence-electron chi connectivity index (χ3n) is 5.04. The second-order valence-corrected chi connectivity index (χ2v) is 8.19. The van der Waals surface area contributed by atoms with Crippen LogP contribution in [-0.4, -0.2) is 33.1 Å². The van der Waals surface area contributed by atoms with Gasteiger partial charge in [0.2, 0.25) is 5.76 Å². The number of rotatable bonds is 7. The SMILES string of the molecule is COC(=O)c1ccc(CSc2nnc(-c3nn(Cc4ccccc4)c(=O)c4ccccc34)o2)o1. The Kier molecular flexibility index (Phi) is 5.96. The highest BCUT2D eigenvalue weighted by Gasteiger charge is 2.18. The Morgan fingerprint density at radius 1 is 0.971 bits per heavy atom. The van der Waals surface area contributed by atoms with Gasteiger partial charge in [0.05, 0.1) is 24.8 Å². The average molecular weight is 474 g/mol. The monoisotopic (exact) mass is 474 g/mol. The number of carbonyl (C=O) groups is 1. The lowest BCUT2D eigenvalue weighted by Crippen LogP contribution is -2.24. The summed E-state index contributed by atoms with van der Waals surface area (Å²) >= 11 is 1.25. The molecule has 0 aliphatic heterocycles. The zero-order valence-electron chi connectivity index (χ0n) is 18.0. The fourth-order valence-electron chi connectivity index (χ4n) is 3.42. The molecule has 0 spiro atoms. The number of furan rings is 1. The van der Waals surface area contributed by atoms with E-state index in [1.54, 1.807) is 30.3 Å². The van der Waals surface area contributed by atoms with Gasteiger partial charge in [0.25, 0.3) is 16.7 Å². The molecule has 2 aromatic carbocycles.